The number of carbonyl (C=O) groups is 1. The number of methoxy groups -OCH3 is 1. The molecule has 2 rings (SSSR count). The van der Waals surface area contributed by atoms with Crippen molar-refractivity contribution in [1.29, 1.82) is 0 Å². The third-order valence-corrected chi connectivity index (χ3v) is 3.83. The molecule has 3 nitrogen and oxygen atoms in total. The van der Waals surface area contributed by atoms with Gasteiger partial charge in [0.2, 0.25) is 0 Å². The van der Waals surface area contributed by atoms with Gasteiger partial charge in [-0.3, -0.25) is 4.79 Å². The van der Waals surface area contributed by atoms with E-state index in [1.165, 1.54) is 0 Å². The van der Waals surface area contributed by atoms with Gasteiger partial charge in [-0.1, -0.05) is 30.3 Å². The number of carbonyl (C=O) groups excluding carboxylic acids is 1. The minimum atomic E-state index is 0.0239. The Morgan fingerprint density at radius 3 is 2.05 bits per heavy atom. The first-order chi connectivity index (χ1) is 10.5. The van der Waals surface area contributed by atoms with Crippen molar-refractivity contribution in [3.63, 3.8) is 0 Å². The smallest absolute Gasteiger partial charge is 0.254 e. The minimum Gasteiger partial charge on any atom is -0.497 e. The van der Waals surface area contributed by atoms with E-state index in [4.69, 9.17) is 4.74 Å². The average molecular weight is 297 g/mol. The number of hydrogen-bond acceptors (Lipinski definition) is 2. The fourth-order valence-corrected chi connectivity index (χ4v) is 2.63. The second-order valence-corrected chi connectivity index (χ2v) is 5.62. The number of nitrogens with zero attached hydrogens (tertiary/aromatic N) is 1. The highest BCUT2D eigenvalue weighted by molar-refractivity contribution is 5.94. The summed E-state index contributed by atoms with van der Waals surface area (Å²) < 4.78 is 5.15. The van der Waals surface area contributed by atoms with E-state index in [9.17, 15) is 4.79 Å². The van der Waals surface area contributed by atoms with Crippen LogP contribution in [-0.4, -0.2) is 24.0 Å². The van der Waals surface area contributed by atoms with E-state index in [0.717, 1.165) is 11.3 Å². The van der Waals surface area contributed by atoms with Gasteiger partial charge in [0.25, 0.3) is 5.91 Å². The summed E-state index contributed by atoms with van der Waals surface area (Å²) in [6, 6.07) is 17.5. The van der Waals surface area contributed by atoms with Crippen LogP contribution in [0.2, 0.25) is 0 Å². The van der Waals surface area contributed by atoms with Crippen molar-refractivity contribution in [3.8, 4) is 5.75 Å². The van der Waals surface area contributed by atoms with E-state index in [-0.39, 0.29) is 18.0 Å². The van der Waals surface area contributed by atoms with Crippen LogP contribution in [0.25, 0.3) is 0 Å². The zero-order valence-corrected chi connectivity index (χ0v) is 13.6. The van der Waals surface area contributed by atoms with Crippen molar-refractivity contribution in [2.45, 2.75) is 32.9 Å². The van der Waals surface area contributed by atoms with Crippen LogP contribution in [0.4, 0.5) is 0 Å². The molecule has 3 heteroatoms. The maximum absolute atomic E-state index is 12.9. The molecule has 0 heterocycles. The van der Waals surface area contributed by atoms with Crippen molar-refractivity contribution < 1.29 is 9.53 Å². The summed E-state index contributed by atoms with van der Waals surface area (Å²) in [5.74, 6) is 0.790. The number of ether oxygens (including phenoxy) is 1. The molecule has 1 amide bonds. The molecule has 0 aliphatic carbocycles. The summed E-state index contributed by atoms with van der Waals surface area (Å²) in [5.41, 5.74) is 1.82. The van der Waals surface area contributed by atoms with Crippen molar-refractivity contribution >= 4 is 5.91 Å². The van der Waals surface area contributed by atoms with Gasteiger partial charge in [0.1, 0.15) is 5.75 Å². The predicted octanol–water partition coefficient (Wildman–Crippen LogP) is 4.31. The van der Waals surface area contributed by atoms with Crippen LogP contribution in [-0.2, 0) is 0 Å². The third kappa shape index (κ3) is 3.48. The van der Waals surface area contributed by atoms with Crippen LogP contribution in [0, 0.1) is 0 Å². The zero-order valence-electron chi connectivity index (χ0n) is 13.6. The monoisotopic (exact) mass is 297 g/mol. The topological polar surface area (TPSA) is 29.5 Å². The van der Waals surface area contributed by atoms with Crippen molar-refractivity contribution in [3.05, 3.63) is 65.7 Å². The number of rotatable bonds is 5. The largest absolute Gasteiger partial charge is 0.497 e. The lowest BCUT2D eigenvalue weighted by Gasteiger charge is -2.33. The van der Waals surface area contributed by atoms with Gasteiger partial charge in [0, 0.05) is 11.6 Å². The standard InChI is InChI=1S/C19H23NO2/c1-14(2)20(15(3)16-8-6-5-7-9-16)19(21)17-10-12-18(22-4)13-11-17/h5-15H,1-4H3/t15-/m0/s1. The summed E-state index contributed by atoms with van der Waals surface area (Å²) in [6.45, 7) is 6.15. The van der Waals surface area contributed by atoms with Crippen LogP contribution in [0.15, 0.2) is 54.6 Å². The highest BCUT2D eigenvalue weighted by Crippen LogP contribution is 2.25. The first kappa shape index (κ1) is 16.1. The van der Waals surface area contributed by atoms with Gasteiger partial charge < -0.3 is 9.64 Å². The fourth-order valence-electron chi connectivity index (χ4n) is 2.63. The fraction of sp³-hybridized carbons (Fsp3) is 0.316. The van der Waals surface area contributed by atoms with Crippen LogP contribution >= 0.6 is 0 Å². The van der Waals surface area contributed by atoms with E-state index in [1.807, 2.05) is 61.2 Å². The quantitative estimate of drug-likeness (QED) is 0.823. The molecule has 22 heavy (non-hydrogen) atoms. The molecule has 0 aliphatic heterocycles. The Morgan fingerprint density at radius 2 is 1.55 bits per heavy atom. The van der Waals surface area contributed by atoms with E-state index >= 15 is 0 Å². The molecule has 2 aromatic carbocycles. The molecule has 116 valence electrons. The number of benzene rings is 2. The Balaban J connectivity index is 2.28. The molecule has 1 atom stereocenters. The number of hydrogen-bond donors (Lipinski definition) is 0. The Bertz CT molecular complexity index is 605. The second-order valence-electron chi connectivity index (χ2n) is 5.62. The van der Waals surface area contributed by atoms with Gasteiger partial charge in [-0.2, -0.15) is 0 Å². The zero-order chi connectivity index (χ0) is 16.1. The first-order valence-corrected chi connectivity index (χ1v) is 7.56. The Labute approximate surface area is 132 Å². The molecular formula is C19H23NO2. The molecule has 2 aromatic rings. The van der Waals surface area contributed by atoms with E-state index in [2.05, 4.69) is 19.1 Å². The lowest BCUT2D eigenvalue weighted by atomic mass is 10.0. The summed E-state index contributed by atoms with van der Waals surface area (Å²) >= 11 is 0. The maximum atomic E-state index is 12.9. The summed E-state index contributed by atoms with van der Waals surface area (Å²) in [6.07, 6.45) is 0. The molecular weight excluding hydrogens is 274 g/mol. The molecule has 0 fully saturated rings. The van der Waals surface area contributed by atoms with Crippen molar-refractivity contribution in [2.75, 3.05) is 7.11 Å². The molecule has 0 aromatic heterocycles. The Morgan fingerprint density at radius 1 is 0.955 bits per heavy atom. The lowest BCUT2D eigenvalue weighted by molar-refractivity contribution is 0.0624. The summed E-state index contributed by atoms with van der Waals surface area (Å²) in [5, 5.41) is 0. The highest BCUT2D eigenvalue weighted by Gasteiger charge is 2.25. The van der Waals surface area contributed by atoms with Gasteiger partial charge >= 0.3 is 0 Å². The van der Waals surface area contributed by atoms with Crippen LogP contribution in [0.1, 0.15) is 42.7 Å². The summed E-state index contributed by atoms with van der Waals surface area (Å²) in [7, 11) is 1.62. The van der Waals surface area contributed by atoms with Crippen LogP contribution in [0.3, 0.4) is 0 Å². The van der Waals surface area contributed by atoms with Crippen LogP contribution < -0.4 is 4.74 Å². The van der Waals surface area contributed by atoms with Gasteiger partial charge in [-0.05, 0) is 50.6 Å². The number of amides is 1. The van der Waals surface area contributed by atoms with Gasteiger partial charge in [-0.15, -0.1) is 0 Å². The van der Waals surface area contributed by atoms with Gasteiger partial charge in [0.05, 0.1) is 13.2 Å². The SMILES string of the molecule is COc1ccc(C(=O)N(C(C)C)[C@@H](C)c2ccccc2)cc1. The second kappa shape index (κ2) is 7.12. The van der Waals surface area contributed by atoms with E-state index < -0.39 is 0 Å². The molecule has 0 N–H and O–H groups in total. The van der Waals surface area contributed by atoms with Crippen LogP contribution in [0.5, 0.6) is 5.75 Å². The molecule has 0 aliphatic rings. The molecule has 0 unspecified atom stereocenters. The molecule has 0 spiro atoms. The highest BCUT2D eigenvalue weighted by atomic mass is 16.5. The Hall–Kier alpha value is -2.29. The molecule has 0 saturated carbocycles. The lowest BCUT2D eigenvalue weighted by Crippen LogP contribution is -2.39. The third-order valence-electron chi connectivity index (χ3n) is 3.83. The predicted molar refractivity (Wildman–Crippen MR) is 89.2 cm³/mol. The van der Waals surface area contributed by atoms with Crippen molar-refractivity contribution in [2.24, 2.45) is 0 Å². The minimum absolute atomic E-state index is 0.0239. The van der Waals surface area contributed by atoms with E-state index in [0.29, 0.717) is 5.56 Å². The first-order valence-electron chi connectivity index (χ1n) is 7.56. The molecule has 0 saturated heterocycles. The van der Waals surface area contributed by atoms with E-state index in [1.54, 1.807) is 7.11 Å². The maximum Gasteiger partial charge on any atom is 0.254 e. The average Bonchev–Trinajstić information content (AvgIpc) is 2.55. The molecule has 0 radical (unpaired) electrons. The normalized spacial score (nSPS) is 12.0. The molecule has 0 bridgehead atoms. The summed E-state index contributed by atoms with van der Waals surface area (Å²) in [4.78, 5) is 14.8. The van der Waals surface area contributed by atoms with Gasteiger partial charge in [0.15, 0.2) is 0 Å². The van der Waals surface area contributed by atoms with Gasteiger partial charge in [-0.25, -0.2) is 0 Å². The van der Waals surface area contributed by atoms with Crippen molar-refractivity contribution in [1.82, 2.24) is 4.90 Å². The Kier molecular flexibility index (Phi) is 5.21.